The van der Waals surface area contributed by atoms with E-state index in [1.165, 1.54) is 19.1 Å². The molecule has 0 saturated carbocycles. The number of benzene rings is 1. The van der Waals surface area contributed by atoms with E-state index in [1.807, 2.05) is 0 Å². The van der Waals surface area contributed by atoms with Crippen molar-refractivity contribution in [3.8, 4) is 0 Å². The molecule has 1 aromatic carbocycles. The predicted octanol–water partition coefficient (Wildman–Crippen LogP) is 2.98. The number of hydrogen-bond donors (Lipinski definition) is 1. The standard InChI is InChI=1S/C10H10ClFO2/c1-5-3-7(6(2)10(13)14)9(12)8(11)4-5/h3-4,6H,1-2H3,(H,13,14). The molecular weight excluding hydrogens is 207 g/mol. The van der Waals surface area contributed by atoms with Crippen LogP contribution >= 0.6 is 11.6 Å². The molecule has 1 aromatic rings. The lowest BCUT2D eigenvalue weighted by Gasteiger charge is -2.10. The highest BCUT2D eigenvalue weighted by atomic mass is 35.5. The molecule has 4 heteroatoms. The zero-order chi connectivity index (χ0) is 10.9. The number of carboxylic acid groups (broad SMARTS) is 1. The van der Waals surface area contributed by atoms with Crippen molar-refractivity contribution in [2.45, 2.75) is 19.8 Å². The third kappa shape index (κ3) is 2.04. The molecule has 0 amide bonds. The third-order valence-corrected chi connectivity index (χ3v) is 2.31. The maximum atomic E-state index is 13.4. The van der Waals surface area contributed by atoms with Crippen LogP contribution in [0.5, 0.6) is 0 Å². The molecule has 1 rings (SSSR count). The highest BCUT2D eigenvalue weighted by Gasteiger charge is 2.19. The Hall–Kier alpha value is -1.09. The van der Waals surface area contributed by atoms with Crippen molar-refractivity contribution >= 4 is 17.6 Å². The molecule has 0 bridgehead atoms. The second-order valence-electron chi connectivity index (χ2n) is 3.21. The summed E-state index contributed by atoms with van der Waals surface area (Å²) in [4.78, 5) is 10.7. The topological polar surface area (TPSA) is 37.3 Å². The Balaban J connectivity index is 3.26. The van der Waals surface area contributed by atoms with Gasteiger partial charge in [-0.05, 0) is 25.5 Å². The molecule has 0 radical (unpaired) electrons. The summed E-state index contributed by atoms with van der Waals surface area (Å²) < 4.78 is 13.4. The summed E-state index contributed by atoms with van der Waals surface area (Å²) in [7, 11) is 0. The molecule has 0 heterocycles. The first-order chi connectivity index (χ1) is 6.43. The minimum atomic E-state index is -1.06. The van der Waals surface area contributed by atoms with Gasteiger partial charge in [0.2, 0.25) is 0 Å². The first kappa shape index (κ1) is 11.0. The summed E-state index contributed by atoms with van der Waals surface area (Å²) in [5.41, 5.74) is 0.877. The fourth-order valence-electron chi connectivity index (χ4n) is 1.20. The van der Waals surface area contributed by atoms with E-state index in [4.69, 9.17) is 16.7 Å². The van der Waals surface area contributed by atoms with Crippen molar-refractivity contribution < 1.29 is 14.3 Å². The summed E-state index contributed by atoms with van der Waals surface area (Å²) in [6, 6.07) is 2.97. The van der Waals surface area contributed by atoms with Crippen LogP contribution in [0.15, 0.2) is 12.1 Å². The lowest BCUT2D eigenvalue weighted by Crippen LogP contribution is -2.09. The Morgan fingerprint density at radius 2 is 2.14 bits per heavy atom. The molecule has 0 saturated heterocycles. The van der Waals surface area contributed by atoms with Crippen LogP contribution in [0.1, 0.15) is 24.0 Å². The van der Waals surface area contributed by atoms with E-state index in [9.17, 15) is 9.18 Å². The van der Waals surface area contributed by atoms with Crippen molar-refractivity contribution in [2.75, 3.05) is 0 Å². The van der Waals surface area contributed by atoms with Crippen molar-refractivity contribution in [1.82, 2.24) is 0 Å². The van der Waals surface area contributed by atoms with Crippen LogP contribution in [0.2, 0.25) is 5.02 Å². The molecule has 0 aliphatic carbocycles. The average molecular weight is 217 g/mol. The van der Waals surface area contributed by atoms with Gasteiger partial charge in [0.25, 0.3) is 0 Å². The summed E-state index contributed by atoms with van der Waals surface area (Å²) >= 11 is 5.60. The predicted molar refractivity (Wildman–Crippen MR) is 52.2 cm³/mol. The molecule has 2 nitrogen and oxygen atoms in total. The van der Waals surface area contributed by atoms with Crippen molar-refractivity contribution in [3.05, 3.63) is 34.1 Å². The van der Waals surface area contributed by atoms with Gasteiger partial charge in [-0.1, -0.05) is 17.7 Å². The van der Waals surface area contributed by atoms with Gasteiger partial charge < -0.3 is 5.11 Å². The van der Waals surface area contributed by atoms with Gasteiger partial charge in [0.1, 0.15) is 5.82 Å². The lowest BCUT2D eigenvalue weighted by molar-refractivity contribution is -0.138. The van der Waals surface area contributed by atoms with Gasteiger partial charge in [-0.3, -0.25) is 4.79 Å². The van der Waals surface area contributed by atoms with Crippen LogP contribution in [-0.4, -0.2) is 11.1 Å². The Bertz CT molecular complexity index is 377. The molecule has 0 fully saturated rings. The normalized spacial score (nSPS) is 12.6. The quantitative estimate of drug-likeness (QED) is 0.825. The van der Waals surface area contributed by atoms with Crippen molar-refractivity contribution in [1.29, 1.82) is 0 Å². The molecule has 0 aliphatic heterocycles. The molecule has 0 spiro atoms. The van der Waals surface area contributed by atoms with Gasteiger partial charge >= 0.3 is 5.97 Å². The summed E-state index contributed by atoms with van der Waals surface area (Å²) in [6.45, 7) is 3.17. The van der Waals surface area contributed by atoms with E-state index in [2.05, 4.69) is 0 Å². The highest BCUT2D eigenvalue weighted by molar-refractivity contribution is 6.30. The van der Waals surface area contributed by atoms with Crippen LogP contribution in [-0.2, 0) is 4.79 Å². The van der Waals surface area contributed by atoms with Gasteiger partial charge in [-0.2, -0.15) is 0 Å². The molecule has 0 aliphatic rings. The lowest BCUT2D eigenvalue weighted by atomic mass is 9.99. The minimum Gasteiger partial charge on any atom is -0.481 e. The number of carbonyl (C=O) groups is 1. The third-order valence-electron chi connectivity index (χ3n) is 2.04. The van der Waals surface area contributed by atoms with E-state index in [0.717, 1.165) is 5.56 Å². The molecule has 76 valence electrons. The second-order valence-corrected chi connectivity index (χ2v) is 3.62. The fourth-order valence-corrected chi connectivity index (χ4v) is 1.48. The fraction of sp³-hybridized carbons (Fsp3) is 0.300. The summed E-state index contributed by atoms with van der Waals surface area (Å²) in [6.07, 6.45) is 0. The van der Waals surface area contributed by atoms with E-state index in [1.54, 1.807) is 6.92 Å². The Kier molecular flexibility index (Phi) is 3.11. The van der Waals surface area contributed by atoms with Gasteiger partial charge in [-0.15, -0.1) is 0 Å². The Labute approximate surface area is 86.3 Å². The van der Waals surface area contributed by atoms with E-state index in [-0.39, 0.29) is 10.6 Å². The maximum absolute atomic E-state index is 13.4. The largest absolute Gasteiger partial charge is 0.481 e. The summed E-state index contributed by atoms with van der Waals surface area (Å²) in [5, 5.41) is 8.70. The van der Waals surface area contributed by atoms with Crippen LogP contribution < -0.4 is 0 Å². The SMILES string of the molecule is Cc1cc(Cl)c(F)c(C(C)C(=O)O)c1. The zero-order valence-electron chi connectivity index (χ0n) is 7.84. The van der Waals surface area contributed by atoms with Crippen LogP contribution in [0.3, 0.4) is 0 Å². The van der Waals surface area contributed by atoms with Crippen LogP contribution in [0, 0.1) is 12.7 Å². The van der Waals surface area contributed by atoms with E-state index in [0.29, 0.717) is 0 Å². The highest BCUT2D eigenvalue weighted by Crippen LogP contribution is 2.26. The Morgan fingerprint density at radius 3 is 2.64 bits per heavy atom. The second kappa shape index (κ2) is 3.96. The number of carboxylic acids is 1. The molecule has 0 aromatic heterocycles. The minimum absolute atomic E-state index is 0.0342. The van der Waals surface area contributed by atoms with E-state index < -0.39 is 17.7 Å². The first-order valence-corrected chi connectivity index (χ1v) is 4.49. The number of halogens is 2. The number of aliphatic carboxylic acids is 1. The summed E-state index contributed by atoms with van der Waals surface area (Å²) in [5.74, 6) is -2.59. The van der Waals surface area contributed by atoms with E-state index >= 15 is 0 Å². The van der Waals surface area contributed by atoms with Crippen LogP contribution in [0.25, 0.3) is 0 Å². The first-order valence-electron chi connectivity index (χ1n) is 4.12. The molecule has 1 N–H and O–H groups in total. The average Bonchev–Trinajstić information content (AvgIpc) is 2.09. The number of aryl methyl sites for hydroxylation is 1. The van der Waals surface area contributed by atoms with Gasteiger partial charge in [0.05, 0.1) is 10.9 Å². The van der Waals surface area contributed by atoms with Crippen molar-refractivity contribution in [3.63, 3.8) is 0 Å². The number of hydrogen-bond acceptors (Lipinski definition) is 1. The van der Waals surface area contributed by atoms with Crippen molar-refractivity contribution in [2.24, 2.45) is 0 Å². The monoisotopic (exact) mass is 216 g/mol. The van der Waals surface area contributed by atoms with Gasteiger partial charge in [-0.25, -0.2) is 4.39 Å². The maximum Gasteiger partial charge on any atom is 0.310 e. The van der Waals surface area contributed by atoms with Crippen LogP contribution in [0.4, 0.5) is 4.39 Å². The molecule has 14 heavy (non-hydrogen) atoms. The van der Waals surface area contributed by atoms with Gasteiger partial charge in [0.15, 0.2) is 0 Å². The molecular formula is C10H10ClFO2. The zero-order valence-corrected chi connectivity index (χ0v) is 8.60. The number of rotatable bonds is 2. The Morgan fingerprint density at radius 1 is 1.57 bits per heavy atom. The smallest absolute Gasteiger partial charge is 0.310 e. The van der Waals surface area contributed by atoms with Gasteiger partial charge in [0, 0.05) is 5.56 Å². The molecule has 1 atom stereocenters. The molecule has 1 unspecified atom stereocenters.